The van der Waals surface area contributed by atoms with Crippen LogP contribution in [0.2, 0.25) is 0 Å². The van der Waals surface area contributed by atoms with Gasteiger partial charge in [-0.15, -0.1) is 0 Å². The minimum absolute atomic E-state index is 0.355. The third kappa shape index (κ3) is 2.32. The van der Waals surface area contributed by atoms with E-state index in [0.29, 0.717) is 12.6 Å². The molecular formula is C10H16F2N2O2. The first-order valence-electron chi connectivity index (χ1n) is 5.49. The Morgan fingerprint density at radius 1 is 1.62 bits per heavy atom. The number of nitrogens with one attached hydrogen (secondary N) is 1. The monoisotopic (exact) mass is 234 g/mol. The van der Waals surface area contributed by atoms with Crippen LogP contribution < -0.4 is 5.32 Å². The first kappa shape index (κ1) is 11.7. The second kappa shape index (κ2) is 4.25. The molecule has 1 N–H and O–H groups in total. The average molecular weight is 234 g/mol. The van der Waals surface area contributed by atoms with E-state index in [2.05, 4.69) is 10.1 Å². The van der Waals surface area contributed by atoms with Gasteiger partial charge in [-0.3, -0.25) is 4.90 Å². The summed E-state index contributed by atoms with van der Waals surface area (Å²) in [5.74, 6) is -4.67. The molecule has 2 saturated heterocycles. The first-order chi connectivity index (χ1) is 7.49. The molecule has 0 aromatic rings. The number of carbonyl (C=O) groups excluding carboxylic acids is 1. The van der Waals surface area contributed by atoms with Crippen molar-refractivity contribution < 1.29 is 18.3 Å². The van der Waals surface area contributed by atoms with Crippen LogP contribution in [-0.4, -0.2) is 55.6 Å². The van der Waals surface area contributed by atoms with Crippen LogP contribution >= 0.6 is 0 Å². The molecule has 16 heavy (non-hydrogen) atoms. The molecule has 2 rings (SSSR count). The maximum Gasteiger partial charge on any atom is 0.377 e. The topological polar surface area (TPSA) is 41.6 Å². The number of alkyl halides is 2. The molecule has 4 nitrogen and oxygen atoms in total. The standard InChI is InChI=1S/C10H16F2N2O2/c1-14(7-2-3-13-5-7)6-8-4-10(11,12)9(15)16-8/h7-8,13H,2-6H2,1H3. The summed E-state index contributed by atoms with van der Waals surface area (Å²) >= 11 is 0. The fraction of sp³-hybridized carbons (Fsp3) is 0.900. The van der Waals surface area contributed by atoms with Gasteiger partial charge in [0.1, 0.15) is 6.10 Å². The number of carbonyl (C=O) groups is 1. The Balaban J connectivity index is 1.84. The molecule has 2 aliphatic heterocycles. The molecule has 0 aromatic carbocycles. The lowest BCUT2D eigenvalue weighted by Gasteiger charge is -2.25. The number of rotatable bonds is 3. The van der Waals surface area contributed by atoms with Crippen LogP contribution in [0.4, 0.5) is 8.78 Å². The summed E-state index contributed by atoms with van der Waals surface area (Å²) in [5.41, 5.74) is 0. The number of nitrogens with zero attached hydrogens (tertiary/aromatic N) is 1. The largest absolute Gasteiger partial charge is 0.456 e. The Labute approximate surface area is 92.9 Å². The summed E-state index contributed by atoms with van der Waals surface area (Å²) in [6.07, 6.45) is -0.155. The van der Waals surface area contributed by atoms with Crippen LogP contribution in [0.3, 0.4) is 0 Å². The molecule has 0 aromatic heterocycles. The fourth-order valence-corrected chi connectivity index (χ4v) is 2.24. The summed E-state index contributed by atoms with van der Waals surface area (Å²) < 4.78 is 30.5. The number of cyclic esters (lactones) is 1. The minimum Gasteiger partial charge on any atom is -0.456 e. The summed E-state index contributed by atoms with van der Waals surface area (Å²) in [4.78, 5) is 12.8. The zero-order valence-electron chi connectivity index (χ0n) is 9.21. The van der Waals surface area contributed by atoms with Crippen molar-refractivity contribution >= 4 is 5.97 Å². The molecule has 0 radical (unpaired) electrons. The Bertz CT molecular complexity index is 280. The van der Waals surface area contributed by atoms with E-state index < -0.39 is 24.4 Å². The van der Waals surface area contributed by atoms with Gasteiger partial charge in [-0.2, -0.15) is 8.78 Å². The second-order valence-corrected chi connectivity index (χ2v) is 4.52. The zero-order valence-corrected chi connectivity index (χ0v) is 9.21. The van der Waals surface area contributed by atoms with Crippen molar-refractivity contribution in [1.82, 2.24) is 10.2 Å². The van der Waals surface area contributed by atoms with Crippen LogP contribution in [0.25, 0.3) is 0 Å². The van der Waals surface area contributed by atoms with Crippen molar-refractivity contribution in [3.8, 4) is 0 Å². The Morgan fingerprint density at radius 3 is 2.88 bits per heavy atom. The normalized spacial score (nSPS) is 33.4. The third-order valence-electron chi connectivity index (χ3n) is 3.21. The first-order valence-corrected chi connectivity index (χ1v) is 5.49. The average Bonchev–Trinajstić information content (AvgIpc) is 2.75. The van der Waals surface area contributed by atoms with Gasteiger partial charge in [0.2, 0.25) is 0 Å². The lowest BCUT2D eigenvalue weighted by Crippen LogP contribution is -2.38. The van der Waals surface area contributed by atoms with Crippen molar-refractivity contribution in [2.45, 2.75) is 30.9 Å². The van der Waals surface area contributed by atoms with E-state index in [9.17, 15) is 13.6 Å². The van der Waals surface area contributed by atoms with E-state index in [4.69, 9.17) is 0 Å². The molecule has 2 atom stereocenters. The number of hydrogen-bond donors (Lipinski definition) is 1. The van der Waals surface area contributed by atoms with Gasteiger partial charge in [-0.25, -0.2) is 4.79 Å². The lowest BCUT2D eigenvalue weighted by molar-refractivity contribution is -0.159. The maximum atomic E-state index is 12.9. The van der Waals surface area contributed by atoms with Gasteiger partial charge in [0, 0.05) is 19.1 Å². The van der Waals surface area contributed by atoms with Crippen molar-refractivity contribution in [1.29, 1.82) is 0 Å². The summed E-state index contributed by atoms with van der Waals surface area (Å²) in [6.45, 7) is 2.21. The molecule has 2 fully saturated rings. The zero-order chi connectivity index (χ0) is 11.8. The van der Waals surface area contributed by atoms with Crippen LogP contribution in [-0.2, 0) is 9.53 Å². The molecule has 0 saturated carbocycles. The van der Waals surface area contributed by atoms with E-state index in [0.717, 1.165) is 19.5 Å². The molecule has 2 heterocycles. The smallest absolute Gasteiger partial charge is 0.377 e. The summed E-state index contributed by atoms with van der Waals surface area (Å²) in [7, 11) is 1.88. The number of halogens is 2. The van der Waals surface area contributed by atoms with Gasteiger partial charge in [0.15, 0.2) is 0 Å². The second-order valence-electron chi connectivity index (χ2n) is 4.52. The van der Waals surface area contributed by atoms with Crippen molar-refractivity contribution in [3.05, 3.63) is 0 Å². The van der Waals surface area contributed by atoms with Gasteiger partial charge >= 0.3 is 11.9 Å². The highest BCUT2D eigenvalue weighted by atomic mass is 19.3. The lowest BCUT2D eigenvalue weighted by atomic mass is 10.1. The molecule has 6 heteroatoms. The molecule has 0 aliphatic carbocycles. The molecule has 2 unspecified atom stereocenters. The highest BCUT2D eigenvalue weighted by Gasteiger charge is 2.51. The summed E-state index contributed by atoms with van der Waals surface area (Å²) in [6, 6.07) is 0.355. The number of hydrogen-bond acceptors (Lipinski definition) is 4. The maximum absolute atomic E-state index is 12.9. The molecular weight excluding hydrogens is 218 g/mol. The highest BCUT2D eigenvalue weighted by Crippen LogP contribution is 2.31. The molecule has 92 valence electrons. The predicted molar refractivity (Wildman–Crippen MR) is 53.3 cm³/mol. The molecule has 2 aliphatic rings. The molecule has 0 bridgehead atoms. The van der Waals surface area contributed by atoms with Gasteiger partial charge in [-0.1, -0.05) is 0 Å². The number of ether oxygens (including phenoxy) is 1. The Kier molecular flexibility index (Phi) is 3.12. The van der Waals surface area contributed by atoms with E-state index >= 15 is 0 Å². The van der Waals surface area contributed by atoms with Crippen molar-refractivity contribution in [3.63, 3.8) is 0 Å². The fourth-order valence-electron chi connectivity index (χ4n) is 2.24. The summed E-state index contributed by atoms with van der Waals surface area (Å²) in [5, 5.41) is 3.21. The number of esters is 1. The van der Waals surface area contributed by atoms with Crippen molar-refractivity contribution in [2.24, 2.45) is 0 Å². The van der Waals surface area contributed by atoms with E-state index in [1.807, 2.05) is 11.9 Å². The van der Waals surface area contributed by atoms with Crippen LogP contribution in [0, 0.1) is 0 Å². The van der Waals surface area contributed by atoms with Gasteiger partial charge in [0.05, 0.1) is 6.42 Å². The van der Waals surface area contributed by atoms with Crippen LogP contribution in [0.5, 0.6) is 0 Å². The van der Waals surface area contributed by atoms with Gasteiger partial charge in [-0.05, 0) is 20.0 Å². The van der Waals surface area contributed by atoms with Gasteiger partial charge in [0.25, 0.3) is 0 Å². The van der Waals surface area contributed by atoms with Crippen LogP contribution in [0.15, 0.2) is 0 Å². The third-order valence-corrected chi connectivity index (χ3v) is 3.21. The molecule has 0 spiro atoms. The number of likely N-dealkylation sites (N-methyl/N-ethyl adjacent to an activating group) is 1. The van der Waals surface area contributed by atoms with E-state index in [-0.39, 0.29) is 0 Å². The molecule has 0 amide bonds. The van der Waals surface area contributed by atoms with E-state index in [1.165, 1.54) is 0 Å². The van der Waals surface area contributed by atoms with Gasteiger partial charge < -0.3 is 10.1 Å². The minimum atomic E-state index is -3.29. The van der Waals surface area contributed by atoms with Crippen LogP contribution in [0.1, 0.15) is 12.8 Å². The van der Waals surface area contributed by atoms with E-state index in [1.54, 1.807) is 0 Å². The Hall–Kier alpha value is -0.750. The van der Waals surface area contributed by atoms with Crippen molar-refractivity contribution in [2.75, 3.05) is 26.7 Å². The highest BCUT2D eigenvalue weighted by molar-refractivity contribution is 5.79. The Morgan fingerprint density at radius 2 is 2.38 bits per heavy atom. The predicted octanol–water partition coefficient (Wildman–Crippen LogP) is 0.231. The quantitative estimate of drug-likeness (QED) is 0.710. The SMILES string of the molecule is CN(CC1CC(F)(F)C(=O)O1)C1CCNC1.